The van der Waals surface area contributed by atoms with Gasteiger partial charge in [0.15, 0.2) is 0 Å². The molecule has 0 fully saturated rings. The van der Waals surface area contributed by atoms with E-state index in [1.807, 2.05) is 0 Å². The zero-order chi connectivity index (χ0) is 12.3. The fourth-order valence-corrected chi connectivity index (χ4v) is 1.14. The Hall–Kier alpha value is -1.67. The van der Waals surface area contributed by atoms with E-state index < -0.39 is 18.1 Å². The van der Waals surface area contributed by atoms with Crippen LogP contribution in [0.5, 0.6) is 0 Å². The molecule has 2 atom stereocenters. The second kappa shape index (κ2) is 4.90. The Labute approximate surface area is 90.9 Å². The van der Waals surface area contributed by atoms with Crippen LogP contribution < -0.4 is 11.0 Å². The van der Waals surface area contributed by atoms with Gasteiger partial charge in [-0.1, -0.05) is 12.1 Å². The fourth-order valence-electron chi connectivity index (χ4n) is 1.14. The third kappa shape index (κ3) is 2.67. The monoisotopic (exact) mass is 227 g/mol. The molecule has 5 N–H and O–H groups in total. The first kappa shape index (κ1) is 12.4. The average Bonchev–Trinajstić information content (AvgIpc) is 2.27. The van der Waals surface area contributed by atoms with Gasteiger partial charge in [-0.2, -0.15) is 0 Å². The molecule has 0 bridgehead atoms. The van der Waals surface area contributed by atoms with Gasteiger partial charge in [0.05, 0.1) is 5.69 Å². The SMILES string of the molecule is N[C@H](C(=O)O)[C@@H](O)c1ccc(N([O-])O)cc1. The maximum absolute atomic E-state index is 10.5. The number of nitrogens with zero attached hydrogens (tertiary/aromatic N) is 1. The summed E-state index contributed by atoms with van der Waals surface area (Å²) < 4.78 is 0. The lowest BCUT2D eigenvalue weighted by atomic mass is 10.0. The predicted molar refractivity (Wildman–Crippen MR) is 54.6 cm³/mol. The smallest absolute Gasteiger partial charge is 0.323 e. The molecule has 1 aromatic carbocycles. The van der Waals surface area contributed by atoms with Gasteiger partial charge in [0, 0.05) is 0 Å². The second-order valence-corrected chi connectivity index (χ2v) is 3.17. The summed E-state index contributed by atoms with van der Waals surface area (Å²) in [4.78, 5) is 10.5. The number of carboxylic acids is 1. The molecular weight excluding hydrogens is 216 g/mol. The van der Waals surface area contributed by atoms with E-state index in [2.05, 4.69) is 0 Å². The standard InChI is InChI=1S/C9H11N2O5/c10-7(9(13)14)8(12)5-1-3-6(4-2-5)11(15)16/h1-4,7-8,12,15H,10H2,(H,13,14)/q-1/t7-,8-/m0/s1. The first-order valence-electron chi connectivity index (χ1n) is 4.36. The van der Waals surface area contributed by atoms with Crippen molar-refractivity contribution in [2.45, 2.75) is 12.1 Å². The molecule has 0 aromatic heterocycles. The molecule has 0 aliphatic carbocycles. The molecule has 7 nitrogen and oxygen atoms in total. The van der Waals surface area contributed by atoms with Gasteiger partial charge in [-0.3, -0.25) is 10.0 Å². The summed E-state index contributed by atoms with van der Waals surface area (Å²) in [6, 6.07) is 3.65. The van der Waals surface area contributed by atoms with Crippen molar-refractivity contribution >= 4 is 11.7 Å². The number of benzene rings is 1. The van der Waals surface area contributed by atoms with Gasteiger partial charge in [0.2, 0.25) is 0 Å². The van der Waals surface area contributed by atoms with Crippen LogP contribution in [0.15, 0.2) is 24.3 Å². The zero-order valence-corrected chi connectivity index (χ0v) is 8.15. The Morgan fingerprint density at radius 2 is 1.88 bits per heavy atom. The zero-order valence-electron chi connectivity index (χ0n) is 8.15. The minimum Gasteiger partial charge on any atom is -0.733 e. The highest BCUT2D eigenvalue weighted by Crippen LogP contribution is 2.19. The number of hydrogen-bond donors (Lipinski definition) is 4. The highest BCUT2D eigenvalue weighted by atomic mass is 16.8. The fraction of sp³-hybridized carbons (Fsp3) is 0.222. The van der Waals surface area contributed by atoms with Crippen LogP contribution in [-0.2, 0) is 4.79 Å². The van der Waals surface area contributed by atoms with Crippen LogP contribution in [0.4, 0.5) is 5.69 Å². The molecule has 0 aliphatic rings. The van der Waals surface area contributed by atoms with Crippen molar-refractivity contribution in [3.05, 3.63) is 35.0 Å². The first-order valence-corrected chi connectivity index (χ1v) is 4.36. The Morgan fingerprint density at radius 3 is 2.25 bits per heavy atom. The second-order valence-electron chi connectivity index (χ2n) is 3.17. The van der Waals surface area contributed by atoms with Crippen molar-refractivity contribution in [3.63, 3.8) is 0 Å². The summed E-state index contributed by atoms with van der Waals surface area (Å²) in [7, 11) is 0. The van der Waals surface area contributed by atoms with Crippen molar-refractivity contribution < 1.29 is 20.2 Å². The van der Waals surface area contributed by atoms with Gasteiger partial charge in [0.1, 0.15) is 12.1 Å². The Morgan fingerprint density at radius 1 is 1.38 bits per heavy atom. The first-order chi connectivity index (χ1) is 7.43. The predicted octanol–water partition coefficient (Wildman–Crippen LogP) is -0.175. The van der Waals surface area contributed by atoms with Gasteiger partial charge in [-0.05, 0) is 17.7 Å². The van der Waals surface area contributed by atoms with Gasteiger partial charge >= 0.3 is 5.97 Å². The quantitative estimate of drug-likeness (QED) is 0.525. The molecule has 1 rings (SSSR count). The van der Waals surface area contributed by atoms with Crippen LogP contribution in [-0.4, -0.2) is 27.4 Å². The normalized spacial score (nSPS) is 14.2. The van der Waals surface area contributed by atoms with E-state index in [9.17, 15) is 15.1 Å². The van der Waals surface area contributed by atoms with Gasteiger partial charge < -0.3 is 26.4 Å². The van der Waals surface area contributed by atoms with E-state index in [4.69, 9.17) is 16.0 Å². The summed E-state index contributed by atoms with van der Waals surface area (Å²) >= 11 is 0. The summed E-state index contributed by atoms with van der Waals surface area (Å²) in [5.41, 5.74) is 5.44. The average molecular weight is 227 g/mol. The third-order valence-corrected chi connectivity index (χ3v) is 2.08. The summed E-state index contributed by atoms with van der Waals surface area (Å²) in [5.74, 6) is -1.33. The lowest BCUT2D eigenvalue weighted by Crippen LogP contribution is -2.36. The largest absolute Gasteiger partial charge is 0.733 e. The summed E-state index contributed by atoms with van der Waals surface area (Å²) in [6.07, 6.45) is -1.37. The van der Waals surface area contributed by atoms with E-state index in [1.54, 1.807) is 0 Å². The number of nitrogens with two attached hydrogens (primary N) is 1. The molecular formula is C9H11N2O5-. The number of rotatable bonds is 4. The van der Waals surface area contributed by atoms with Crippen LogP contribution in [0.2, 0.25) is 0 Å². The number of aliphatic hydroxyl groups excluding tert-OH is 1. The Kier molecular flexibility index (Phi) is 3.80. The molecule has 88 valence electrons. The van der Waals surface area contributed by atoms with Crippen LogP contribution in [0.25, 0.3) is 0 Å². The maximum Gasteiger partial charge on any atom is 0.323 e. The van der Waals surface area contributed by atoms with Crippen LogP contribution >= 0.6 is 0 Å². The molecule has 0 aliphatic heterocycles. The molecule has 0 saturated heterocycles. The van der Waals surface area contributed by atoms with Crippen LogP contribution in [0.1, 0.15) is 11.7 Å². The van der Waals surface area contributed by atoms with Crippen molar-refractivity contribution in [2.24, 2.45) is 5.73 Å². The van der Waals surface area contributed by atoms with Crippen molar-refractivity contribution in [2.75, 3.05) is 5.23 Å². The van der Waals surface area contributed by atoms with Crippen molar-refractivity contribution in [1.29, 1.82) is 0 Å². The molecule has 7 heteroatoms. The van der Waals surface area contributed by atoms with Gasteiger partial charge in [-0.25, -0.2) is 0 Å². The number of carboxylic acid groups (broad SMARTS) is 1. The minimum absolute atomic E-state index is 0.0279. The van der Waals surface area contributed by atoms with Gasteiger partial charge in [-0.15, -0.1) is 0 Å². The Bertz CT molecular complexity index is 365. The van der Waals surface area contributed by atoms with E-state index >= 15 is 0 Å². The molecule has 0 saturated carbocycles. The van der Waals surface area contributed by atoms with Gasteiger partial charge in [0.25, 0.3) is 0 Å². The highest BCUT2D eigenvalue weighted by molar-refractivity contribution is 5.74. The third-order valence-electron chi connectivity index (χ3n) is 2.08. The molecule has 0 radical (unpaired) electrons. The molecule has 16 heavy (non-hydrogen) atoms. The van der Waals surface area contributed by atoms with Crippen LogP contribution in [0, 0.1) is 5.21 Å². The van der Waals surface area contributed by atoms with Crippen molar-refractivity contribution in [1.82, 2.24) is 0 Å². The number of aliphatic carboxylic acids is 1. The molecule has 1 aromatic rings. The maximum atomic E-state index is 10.5. The van der Waals surface area contributed by atoms with E-state index in [0.29, 0.717) is 0 Å². The van der Waals surface area contributed by atoms with Crippen molar-refractivity contribution in [3.8, 4) is 0 Å². The topological polar surface area (TPSA) is 130 Å². The number of anilines is 1. The minimum atomic E-state index is -1.44. The molecule has 0 spiro atoms. The lowest BCUT2D eigenvalue weighted by Gasteiger charge is -2.22. The lowest BCUT2D eigenvalue weighted by molar-refractivity contribution is -0.141. The number of hydrogen-bond acceptors (Lipinski definition) is 6. The van der Waals surface area contributed by atoms with E-state index in [-0.39, 0.29) is 16.5 Å². The molecule has 0 amide bonds. The molecule has 0 unspecified atom stereocenters. The highest BCUT2D eigenvalue weighted by Gasteiger charge is 2.23. The number of carbonyl (C=O) groups is 1. The number of aliphatic hydroxyl groups is 1. The Balaban J connectivity index is 2.85. The van der Waals surface area contributed by atoms with Crippen LogP contribution in [0.3, 0.4) is 0 Å². The van der Waals surface area contributed by atoms with E-state index in [1.165, 1.54) is 24.3 Å². The summed E-state index contributed by atoms with van der Waals surface area (Å²) in [5, 5.41) is 36.8. The van der Waals surface area contributed by atoms with E-state index in [0.717, 1.165) is 0 Å². The summed E-state index contributed by atoms with van der Waals surface area (Å²) in [6.45, 7) is 0. The molecule has 0 heterocycles.